The summed E-state index contributed by atoms with van der Waals surface area (Å²) >= 11 is 0. The maximum absolute atomic E-state index is 12.6. The topological polar surface area (TPSA) is 93.2 Å². The number of anilines is 1. The number of para-hydroxylation sites is 1. The standard InChI is InChI=1S/C17H21N5O2/c1-12-5-2-3-7-14(12)22-15(8-9-19-22)20-16(23)13-6-4-10-21(11-13)17(18)24/h2-3,5,7-9,13H,4,6,10-11H2,1H3,(H2,18,24)(H,20,23)/t13-/m1/s1. The van der Waals surface area contributed by atoms with Gasteiger partial charge < -0.3 is 16.0 Å². The highest BCUT2D eigenvalue weighted by atomic mass is 16.2. The SMILES string of the molecule is Cc1ccccc1-n1nccc1NC(=O)[C@@H]1CCCN(C(N)=O)C1. The van der Waals surface area contributed by atoms with Crippen LogP contribution in [-0.4, -0.2) is 39.7 Å². The summed E-state index contributed by atoms with van der Waals surface area (Å²) in [6, 6.07) is 9.13. The van der Waals surface area contributed by atoms with Crippen LogP contribution in [0.2, 0.25) is 0 Å². The minimum absolute atomic E-state index is 0.115. The van der Waals surface area contributed by atoms with Crippen molar-refractivity contribution in [2.75, 3.05) is 18.4 Å². The Morgan fingerprint density at radius 3 is 2.83 bits per heavy atom. The number of nitrogens with zero attached hydrogens (tertiary/aromatic N) is 3. The van der Waals surface area contributed by atoms with E-state index in [2.05, 4.69) is 10.4 Å². The summed E-state index contributed by atoms with van der Waals surface area (Å²) in [6.45, 7) is 2.97. The van der Waals surface area contributed by atoms with E-state index in [0.717, 1.165) is 24.1 Å². The number of hydrogen-bond donors (Lipinski definition) is 2. The van der Waals surface area contributed by atoms with Crippen molar-refractivity contribution in [3.63, 3.8) is 0 Å². The Kier molecular flexibility index (Phi) is 4.50. The van der Waals surface area contributed by atoms with Crippen molar-refractivity contribution in [1.82, 2.24) is 14.7 Å². The largest absolute Gasteiger partial charge is 0.351 e. The molecule has 7 heteroatoms. The number of hydrogen-bond acceptors (Lipinski definition) is 3. The summed E-state index contributed by atoms with van der Waals surface area (Å²) in [6.07, 6.45) is 3.17. The van der Waals surface area contributed by atoms with Gasteiger partial charge in [-0.25, -0.2) is 9.48 Å². The Balaban J connectivity index is 1.75. The number of aromatic nitrogens is 2. The number of nitrogens with one attached hydrogen (secondary N) is 1. The number of rotatable bonds is 3. The van der Waals surface area contributed by atoms with Gasteiger partial charge in [-0.3, -0.25) is 4.79 Å². The molecule has 1 atom stereocenters. The second kappa shape index (κ2) is 6.74. The van der Waals surface area contributed by atoms with E-state index in [4.69, 9.17) is 5.73 Å². The molecule has 0 aliphatic carbocycles. The predicted molar refractivity (Wildman–Crippen MR) is 90.8 cm³/mol. The second-order valence-electron chi connectivity index (χ2n) is 6.03. The molecule has 0 spiro atoms. The van der Waals surface area contributed by atoms with Gasteiger partial charge in [0.2, 0.25) is 5.91 Å². The molecule has 1 saturated heterocycles. The summed E-state index contributed by atoms with van der Waals surface area (Å²) < 4.78 is 1.71. The van der Waals surface area contributed by atoms with Gasteiger partial charge in [0.1, 0.15) is 5.82 Å². The fourth-order valence-electron chi connectivity index (χ4n) is 3.01. The van der Waals surface area contributed by atoms with Crippen molar-refractivity contribution in [3.8, 4) is 5.69 Å². The zero-order valence-corrected chi connectivity index (χ0v) is 13.6. The lowest BCUT2D eigenvalue weighted by atomic mass is 9.97. The van der Waals surface area contributed by atoms with Gasteiger partial charge in [-0.05, 0) is 31.4 Å². The lowest BCUT2D eigenvalue weighted by Gasteiger charge is -2.30. The van der Waals surface area contributed by atoms with Crippen LogP contribution in [0.4, 0.5) is 10.6 Å². The van der Waals surface area contributed by atoms with E-state index in [1.807, 2.05) is 31.2 Å². The van der Waals surface area contributed by atoms with E-state index >= 15 is 0 Å². The van der Waals surface area contributed by atoms with Crippen LogP contribution in [0, 0.1) is 12.8 Å². The van der Waals surface area contributed by atoms with Gasteiger partial charge in [-0.1, -0.05) is 18.2 Å². The number of piperidine rings is 1. The summed E-state index contributed by atoms with van der Waals surface area (Å²) in [5.74, 6) is 0.244. The number of aryl methyl sites for hydroxylation is 1. The normalized spacial score (nSPS) is 17.5. The number of carbonyl (C=O) groups is 2. The highest BCUT2D eigenvalue weighted by Crippen LogP contribution is 2.21. The van der Waals surface area contributed by atoms with Gasteiger partial charge in [0.05, 0.1) is 17.8 Å². The zero-order chi connectivity index (χ0) is 17.1. The van der Waals surface area contributed by atoms with Gasteiger partial charge in [0.15, 0.2) is 0 Å². The molecule has 126 valence electrons. The fourth-order valence-corrected chi connectivity index (χ4v) is 3.01. The van der Waals surface area contributed by atoms with Crippen LogP contribution < -0.4 is 11.1 Å². The van der Waals surface area contributed by atoms with E-state index in [-0.39, 0.29) is 11.8 Å². The second-order valence-corrected chi connectivity index (χ2v) is 6.03. The predicted octanol–water partition coefficient (Wildman–Crippen LogP) is 1.91. The van der Waals surface area contributed by atoms with Gasteiger partial charge in [0, 0.05) is 19.2 Å². The molecule has 1 aliphatic heterocycles. The molecule has 2 heterocycles. The van der Waals surface area contributed by atoms with Crippen molar-refractivity contribution in [2.24, 2.45) is 11.7 Å². The molecule has 0 unspecified atom stereocenters. The summed E-state index contributed by atoms with van der Waals surface area (Å²) in [5, 5.41) is 7.23. The van der Waals surface area contributed by atoms with Crippen LogP contribution in [0.25, 0.3) is 5.69 Å². The maximum Gasteiger partial charge on any atom is 0.314 e. The molecule has 7 nitrogen and oxygen atoms in total. The van der Waals surface area contributed by atoms with E-state index in [9.17, 15) is 9.59 Å². The number of urea groups is 1. The molecule has 3 rings (SSSR count). The molecular weight excluding hydrogens is 306 g/mol. The van der Waals surface area contributed by atoms with Crippen molar-refractivity contribution in [3.05, 3.63) is 42.1 Å². The van der Waals surface area contributed by atoms with Crippen molar-refractivity contribution >= 4 is 17.8 Å². The number of nitrogens with two attached hydrogens (primary N) is 1. The molecule has 2 aromatic rings. The number of likely N-dealkylation sites (tertiary alicyclic amines) is 1. The van der Waals surface area contributed by atoms with Crippen LogP contribution in [0.1, 0.15) is 18.4 Å². The van der Waals surface area contributed by atoms with E-state index < -0.39 is 6.03 Å². The molecule has 1 aliphatic rings. The van der Waals surface area contributed by atoms with Gasteiger partial charge in [0.25, 0.3) is 0 Å². The first-order valence-electron chi connectivity index (χ1n) is 8.01. The van der Waals surface area contributed by atoms with Crippen LogP contribution >= 0.6 is 0 Å². The Morgan fingerprint density at radius 2 is 2.08 bits per heavy atom. The minimum atomic E-state index is -0.475. The van der Waals surface area contributed by atoms with Gasteiger partial charge >= 0.3 is 6.03 Å². The first-order chi connectivity index (χ1) is 11.6. The quantitative estimate of drug-likeness (QED) is 0.902. The molecule has 0 saturated carbocycles. The number of primary amides is 1. The van der Waals surface area contributed by atoms with Crippen molar-refractivity contribution in [2.45, 2.75) is 19.8 Å². The fraction of sp³-hybridized carbons (Fsp3) is 0.353. The zero-order valence-electron chi connectivity index (χ0n) is 13.6. The molecule has 1 fully saturated rings. The first kappa shape index (κ1) is 16.0. The highest BCUT2D eigenvalue weighted by molar-refractivity contribution is 5.92. The first-order valence-corrected chi connectivity index (χ1v) is 8.01. The highest BCUT2D eigenvalue weighted by Gasteiger charge is 2.28. The summed E-state index contributed by atoms with van der Waals surface area (Å²) in [7, 11) is 0. The Hall–Kier alpha value is -2.83. The van der Waals surface area contributed by atoms with Crippen molar-refractivity contribution < 1.29 is 9.59 Å². The smallest absolute Gasteiger partial charge is 0.314 e. The average molecular weight is 327 g/mol. The molecule has 1 aromatic carbocycles. The summed E-state index contributed by atoms with van der Waals surface area (Å²) in [5.41, 5.74) is 7.30. The van der Waals surface area contributed by atoms with E-state index in [0.29, 0.717) is 18.9 Å². The Morgan fingerprint density at radius 1 is 1.29 bits per heavy atom. The lowest BCUT2D eigenvalue weighted by Crippen LogP contribution is -2.46. The third-order valence-corrected chi connectivity index (χ3v) is 4.34. The van der Waals surface area contributed by atoms with Gasteiger partial charge in [-0.2, -0.15) is 5.10 Å². The van der Waals surface area contributed by atoms with E-state index in [1.54, 1.807) is 16.9 Å². The Bertz CT molecular complexity index is 755. The minimum Gasteiger partial charge on any atom is -0.351 e. The monoisotopic (exact) mass is 327 g/mol. The van der Waals surface area contributed by atoms with Gasteiger partial charge in [-0.15, -0.1) is 0 Å². The third kappa shape index (κ3) is 3.24. The molecule has 0 bridgehead atoms. The van der Waals surface area contributed by atoms with Crippen LogP contribution in [0.5, 0.6) is 0 Å². The molecule has 3 amide bonds. The van der Waals surface area contributed by atoms with Crippen LogP contribution in [0.3, 0.4) is 0 Å². The molecule has 3 N–H and O–H groups in total. The van der Waals surface area contributed by atoms with Crippen molar-refractivity contribution in [1.29, 1.82) is 0 Å². The van der Waals surface area contributed by atoms with Crippen LogP contribution in [0.15, 0.2) is 36.5 Å². The number of benzene rings is 1. The Labute approximate surface area is 140 Å². The molecule has 1 aromatic heterocycles. The van der Waals surface area contributed by atoms with Crippen LogP contribution in [-0.2, 0) is 4.79 Å². The molecular formula is C17H21N5O2. The summed E-state index contributed by atoms with van der Waals surface area (Å²) in [4.78, 5) is 25.4. The third-order valence-electron chi connectivity index (χ3n) is 4.34. The molecule has 24 heavy (non-hydrogen) atoms. The van der Waals surface area contributed by atoms with E-state index in [1.165, 1.54) is 4.90 Å². The number of amides is 3. The number of carbonyl (C=O) groups excluding carboxylic acids is 2. The molecule has 0 radical (unpaired) electrons. The lowest BCUT2D eigenvalue weighted by molar-refractivity contribution is -0.121. The average Bonchev–Trinajstić information content (AvgIpc) is 3.03. The maximum atomic E-state index is 12.6.